The molecule has 0 aromatic heterocycles. The summed E-state index contributed by atoms with van der Waals surface area (Å²) in [6, 6.07) is -16.3. The fourth-order valence-electron chi connectivity index (χ4n) is 3.99. The van der Waals surface area contributed by atoms with E-state index in [9.17, 15) is 18.8 Å². The lowest BCUT2D eigenvalue weighted by molar-refractivity contribution is -0.128. The number of benzene rings is 3. The van der Waals surface area contributed by atoms with E-state index in [0.717, 1.165) is 0 Å². The van der Waals surface area contributed by atoms with Crippen molar-refractivity contribution in [3.8, 4) is 5.75 Å². The van der Waals surface area contributed by atoms with E-state index >= 15 is 4.79 Å². The van der Waals surface area contributed by atoms with E-state index in [1.54, 1.807) is 5.32 Å². The molecule has 4 N–H and O–H groups in total. The number of hydrogen-bond donors (Lipinski definition) is 4. The minimum Gasteiger partial charge on any atom is -0.483 e. The van der Waals surface area contributed by atoms with Crippen LogP contribution in [0.25, 0.3) is 0 Å². The number of rotatable bonds is 15. The second-order valence-electron chi connectivity index (χ2n) is 9.25. The summed E-state index contributed by atoms with van der Waals surface area (Å²) in [6.07, 6.45) is -13.1. The van der Waals surface area contributed by atoms with Gasteiger partial charge in [0.2, 0.25) is 5.91 Å². The number of hydrogen-bond acceptors (Lipinski definition) is 5. The van der Waals surface area contributed by atoms with E-state index in [1.165, 1.54) is 35.6 Å². The van der Waals surface area contributed by atoms with Crippen LogP contribution in [0.3, 0.4) is 0 Å². The maximum Gasteiger partial charge on any atom is 0.318 e. The van der Waals surface area contributed by atoms with Crippen molar-refractivity contribution < 1.29 is 68.1 Å². The lowest BCUT2D eigenvalue weighted by Gasteiger charge is -2.37. The zero-order chi connectivity index (χ0) is 60.8. The average Bonchev–Trinajstić information content (AvgIpc) is 3.26. The first-order valence-corrected chi connectivity index (χ1v) is 13.1. The third kappa shape index (κ3) is 9.81. The number of aliphatic hydroxyl groups excluding tert-OH is 1. The SMILES string of the molecule is [2H]c1c([2H])c([2H])c(C([2H])([2H])[C@@H](C[C@H](O)[C@H](Cc2ccccc2)NC(=O)C([2H])([2H])Oc2c(C([2H])([2H])[2H])c([2H])c([2H])c([2H])c2C([2H])([2H])[2H])NC(=O)[C@]([2H])(N2C(=O)NC([2H])([2H])C([2H])([2H])C2([2H])[2H])C([2H])(C([2H])([2H])[2H])C([2H])([2H])[2H])c([2H])c1[2H]. The minimum atomic E-state index is -5.03. The van der Waals surface area contributed by atoms with E-state index in [1.807, 2.05) is 5.32 Å². The van der Waals surface area contributed by atoms with Crippen LogP contribution < -0.4 is 20.7 Å². The number of amides is 4. The molecule has 46 heavy (non-hydrogen) atoms. The molecule has 4 atom stereocenters. The number of nitrogens with one attached hydrogen (secondary N) is 3. The first-order chi connectivity index (χ1) is 34.8. The molecule has 3 aromatic rings. The van der Waals surface area contributed by atoms with Gasteiger partial charge in [0.1, 0.15) is 11.8 Å². The van der Waals surface area contributed by atoms with E-state index in [2.05, 4.69) is 0 Å². The monoisotopic (exact) mass is 661 g/mol. The highest BCUT2D eigenvalue weighted by molar-refractivity contribution is 5.87. The summed E-state index contributed by atoms with van der Waals surface area (Å²) in [5.41, 5.74) is -4.23. The molecule has 0 spiro atoms. The Kier molecular flexibility index (Phi) is 4.27. The van der Waals surface area contributed by atoms with E-state index < -0.39 is 196 Å². The second kappa shape index (κ2) is 16.8. The van der Waals surface area contributed by atoms with Crippen molar-refractivity contribution >= 4 is 17.8 Å². The second-order valence-corrected chi connectivity index (χ2v) is 9.25. The molecule has 1 aliphatic rings. The third-order valence-corrected chi connectivity index (χ3v) is 6.03. The van der Waals surface area contributed by atoms with E-state index in [0.29, 0.717) is 0 Å². The molecule has 4 amide bonds. The molecule has 1 aliphatic heterocycles. The van der Waals surface area contributed by atoms with Gasteiger partial charge < -0.3 is 30.7 Å². The van der Waals surface area contributed by atoms with Gasteiger partial charge in [0, 0.05) is 47.8 Å². The molecule has 3 aromatic carbocycles. The average molecular weight is 661 g/mol. The highest BCUT2D eigenvalue weighted by Crippen LogP contribution is 2.22. The molecule has 0 bridgehead atoms. The van der Waals surface area contributed by atoms with Gasteiger partial charge in [0.15, 0.2) is 6.56 Å². The van der Waals surface area contributed by atoms with Gasteiger partial charge in [-0.1, -0.05) is 92.4 Å². The lowest BCUT2D eigenvalue weighted by Crippen LogP contribution is -2.59. The summed E-state index contributed by atoms with van der Waals surface area (Å²) in [4.78, 5) is 42.0. The quantitative estimate of drug-likeness (QED) is 0.194. The highest BCUT2D eigenvalue weighted by Gasteiger charge is 2.35. The Hall–Kier alpha value is -4.37. The molecular weight excluding hydrogens is 580 g/mol. The van der Waals surface area contributed by atoms with Crippen LogP contribution in [0.4, 0.5) is 4.79 Å². The van der Waals surface area contributed by atoms with Gasteiger partial charge in [0.05, 0.1) is 27.2 Å². The number of para-hydroxylation sites is 1. The maximum atomic E-state index is 15.1. The Morgan fingerprint density at radius 3 is 2.52 bits per heavy atom. The van der Waals surface area contributed by atoms with Gasteiger partial charge in [0.25, 0.3) is 5.91 Å². The molecule has 0 aliphatic carbocycles. The number of carbonyl (C=O) groups is 3. The van der Waals surface area contributed by atoms with Crippen LogP contribution in [0.15, 0.2) is 78.7 Å². The molecule has 0 saturated carbocycles. The van der Waals surface area contributed by atoms with Gasteiger partial charge in [-0.15, -0.1) is 0 Å². The molecular formula is C37H48N4O5. The predicted molar refractivity (Wildman–Crippen MR) is 180 cm³/mol. The van der Waals surface area contributed by atoms with Gasteiger partial charge in [-0.2, -0.15) is 0 Å². The van der Waals surface area contributed by atoms with Crippen LogP contribution in [0, 0.1) is 19.6 Å². The van der Waals surface area contributed by atoms with E-state index in [4.69, 9.17) is 44.5 Å². The van der Waals surface area contributed by atoms with E-state index in [-0.39, 0.29) is 5.56 Å². The van der Waals surface area contributed by atoms with Crippen LogP contribution in [-0.2, 0) is 22.4 Å². The van der Waals surface area contributed by atoms with Crippen LogP contribution in [0.1, 0.15) is 92.6 Å². The van der Waals surface area contributed by atoms with Crippen molar-refractivity contribution in [1.29, 1.82) is 0 Å². The molecule has 0 radical (unpaired) electrons. The van der Waals surface area contributed by atoms with Crippen molar-refractivity contribution in [1.82, 2.24) is 20.9 Å². The van der Waals surface area contributed by atoms with Crippen LogP contribution >= 0.6 is 0 Å². The minimum absolute atomic E-state index is 0.0858. The summed E-state index contributed by atoms with van der Waals surface area (Å²) >= 11 is 0. The van der Waals surface area contributed by atoms with Crippen molar-refractivity contribution in [3.63, 3.8) is 0 Å². The fourth-order valence-corrected chi connectivity index (χ4v) is 3.99. The number of ether oxygens (including phenoxy) is 1. The number of carbonyl (C=O) groups excluding carboxylic acids is 3. The first kappa shape index (κ1) is 11.7. The van der Waals surface area contributed by atoms with Crippen LogP contribution in [0.2, 0.25) is 0 Å². The van der Waals surface area contributed by atoms with Crippen molar-refractivity contribution in [2.24, 2.45) is 5.89 Å². The summed E-state index contributed by atoms with van der Waals surface area (Å²) in [7, 11) is 0. The Bertz CT molecular complexity index is 2730. The Morgan fingerprint density at radius 2 is 1.83 bits per heavy atom. The van der Waals surface area contributed by atoms with Crippen LogP contribution in [-0.4, -0.2) is 71.6 Å². The molecule has 1 fully saturated rings. The zero-order valence-corrected chi connectivity index (χ0v) is 23.6. The highest BCUT2D eigenvalue weighted by atomic mass is 16.5. The Balaban J connectivity index is 2.06. The zero-order valence-electron chi connectivity index (χ0n) is 55.6. The number of urea groups is 1. The van der Waals surface area contributed by atoms with Gasteiger partial charge in [-0.25, -0.2) is 4.79 Å². The van der Waals surface area contributed by atoms with Gasteiger partial charge in [-0.05, 0) is 67.4 Å². The first-order valence-electron chi connectivity index (χ1n) is 29.1. The fraction of sp³-hybridized carbons (Fsp3) is 0.432. The Labute approximate surface area is 317 Å². The van der Waals surface area contributed by atoms with Gasteiger partial charge >= 0.3 is 6.03 Å². The molecule has 1 saturated heterocycles. The van der Waals surface area contributed by atoms with Crippen molar-refractivity contribution in [3.05, 3.63) is 101 Å². The lowest BCUT2D eigenvalue weighted by atomic mass is 9.92. The smallest absolute Gasteiger partial charge is 0.318 e. The maximum absolute atomic E-state index is 15.1. The molecule has 246 valence electrons. The summed E-state index contributed by atoms with van der Waals surface area (Å²) in [5.74, 6) is -11.3. The Morgan fingerprint density at radius 1 is 1.09 bits per heavy atom. The topological polar surface area (TPSA) is 120 Å². The van der Waals surface area contributed by atoms with Gasteiger partial charge in [-0.3, -0.25) is 9.59 Å². The molecule has 4 rings (SSSR count). The molecule has 0 unspecified atom stereocenters. The standard InChI is InChI=1S/C37H48N4O5/c1-25(2)34(41-20-12-19-38-37(41)45)36(44)39-30(21-28-15-7-5-8-16-28)23-32(42)31(22-29-17-9-6-10-18-29)40-33(43)24-46-35-26(3)13-11-14-27(35)4/h5-11,13-18,25,30-32,34,42H,12,19-24H2,1-4H3,(H,38,45)(H,39,44)(H,40,43)/t30-,31-,32-,34+/m0/s1/i1D3,2D3,3D3,4D3,5D,7D,8D,11D,12D2,13D,14D,15D,16D,19D2,20D2,21D2,24D2,25D,34D. The summed E-state index contributed by atoms with van der Waals surface area (Å²) < 4.78 is 272. The largest absolute Gasteiger partial charge is 0.483 e. The summed E-state index contributed by atoms with van der Waals surface area (Å²) in [5, 5.41) is 17.0. The van der Waals surface area contributed by atoms with Crippen molar-refractivity contribution in [2.75, 3.05) is 19.6 Å². The number of nitrogens with zero attached hydrogens (tertiary/aromatic N) is 1. The molecule has 9 nitrogen and oxygen atoms in total. The third-order valence-electron chi connectivity index (χ3n) is 6.03. The van der Waals surface area contributed by atoms with Crippen LogP contribution in [0.5, 0.6) is 5.75 Å². The molecule has 9 heteroatoms. The number of aliphatic hydroxyl groups is 1. The normalized spacial score (nSPS) is 31.8. The van der Waals surface area contributed by atoms with Crippen molar-refractivity contribution in [2.45, 2.75) is 77.2 Å². The molecule has 1 heterocycles. The predicted octanol–water partition coefficient (Wildman–Crippen LogP) is 4.33. The summed E-state index contributed by atoms with van der Waals surface area (Å²) in [6.45, 7) is -28.9.